The largest absolute Gasteiger partial charge is 0.357 e. The van der Waals surface area contributed by atoms with Gasteiger partial charge in [-0.2, -0.15) is 0 Å². The Balaban J connectivity index is 1.42. The van der Waals surface area contributed by atoms with E-state index in [0.717, 1.165) is 43.0 Å². The van der Waals surface area contributed by atoms with Crippen molar-refractivity contribution in [2.75, 3.05) is 18.0 Å². The molecule has 178 valence electrons. The van der Waals surface area contributed by atoms with Gasteiger partial charge in [-0.05, 0) is 56.2 Å². The zero-order valence-electron chi connectivity index (χ0n) is 19.5. The van der Waals surface area contributed by atoms with Crippen LogP contribution in [0.5, 0.6) is 0 Å². The molecular formula is C25H30N6O3. The van der Waals surface area contributed by atoms with Crippen molar-refractivity contribution in [2.24, 2.45) is 0 Å². The van der Waals surface area contributed by atoms with Crippen LogP contribution in [0.4, 0.5) is 5.82 Å². The Morgan fingerprint density at radius 3 is 2.65 bits per heavy atom. The van der Waals surface area contributed by atoms with Crippen molar-refractivity contribution in [3.05, 3.63) is 62.1 Å². The first-order valence-corrected chi connectivity index (χ1v) is 12.2. The molecule has 3 aromatic heterocycles. The third kappa shape index (κ3) is 4.47. The first kappa shape index (κ1) is 22.3. The quantitative estimate of drug-likeness (QED) is 0.558. The Labute approximate surface area is 197 Å². The van der Waals surface area contributed by atoms with Crippen LogP contribution in [0.1, 0.15) is 73.0 Å². The van der Waals surface area contributed by atoms with Crippen molar-refractivity contribution in [3.63, 3.8) is 0 Å². The summed E-state index contributed by atoms with van der Waals surface area (Å²) in [6, 6.07) is 5.68. The van der Waals surface area contributed by atoms with Gasteiger partial charge in [-0.25, -0.2) is 14.8 Å². The SMILES string of the molecule is CCCn1c(=O)[nH]c(=O)c2c(C(=O)NCc3ccc(N4CCCCC4)nc3)cc(C3CC3)nc21. The molecule has 0 bridgehead atoms. The van der Waals surface area contributed by atoms with E-state index in [0.29, 0.717) is 19.5 Å². The molecule has 1 amide bonds. The molecule has 0 atom stereocenters. The van der Waals surface area contributed by atoms with E-state index in [1.54, 1.807) is 12.3 Å². The number of fused-ring (bicyclic) bond motifs is 1. The van der Waals surface area contributed by atoms with Gasteiger partial charge in [-0.15, -0.1) is 0 Å². The van der Waals surface area contributed by atoms with Gasteiger partial charge in [0.2, 0.25) is 0 Å². The molecule has 0 aromatic carbocycles. The molecule has 1 saturated heterocycles. The van der Waals surface area contributed by atoms with Gasteiger partial charge in [0.25, 0.3) is 11.5 Å². The zero-order chi connectivity index (χ0) is 23.7. The van der Waals surface area contributed by atoms with Crippen molar-refractivity contribution in [1.82, 2.24) is 24.8 Å². The number of hydrogen-bond acceptors (Lipinski definition) is 6. The molecule has 9 heteroatoms. The number of aryl methyl sites for hydroxylation is 1. The molecule has 3 aromatic rings. The molecule has 1 aliphatic carbocycles. The van der Waals surface area contributed by atoms with E-state index in [2.05, 4.69) is 25.2 Å². The predicted molar refractivity (Wildman–Crippen MR) is 130 cm³/mol. The molecule has 9 nitrogen and oxygen atoms in total. The van der Waals surface area contributed by atoms with Crippen molar-refractivity contribution in [3.8, 4) is 0 Å². The highest BCUT2D eigenvalue weighted by Crippen LogP contribution is 2.39. The minimum absolute atomic E-state index is 0.161. The smallest absolute Gasteiger partial charge is 0.329 e. The van der Waals surface area contributed by atoms with Crippen LogP contribution < -0.4 is 21.5 Å². The second kappa shape index (κ2) is 9.40. The van der Waals surface area contributed by atoms with Gasteiger partial charge in [0, 0.05) is 44.0 Å². The molecule has 0 spiro atoms. The van der Waals surface area contributed by atoms with E-state index >= 15 is 0 Å². The maximum absolute atomic E-state index is 13.2. The van der Waals surface area contributed by atoms with Crippen molar-refractivity contribution in [1.29, 1.82) is 0 Å². The van der Waals surface area contributed by atoms with E-state index in [1.807, 2.05) is 19.1 Å². The lowest BCUT2D eigenvalue weighted by atomic mass is 10.1. The Morgan fingerprint density at radius 2 is 1.97 bits per heavy atom. The van der Waals surface area contributed by atoms with Crippen LogP contribution in [0.15, 0.2) is 34.0 Å². The summed E-state index contributed by atoms with van der Waals surface area (Å²) >= 11 is 0. The van der Waals surface area contributed by atoms with Crippen LogP contribution in [0.25, 0.3) is 11.0 Å². The summed E-state index contributed by atoms with van der Waals surface area (Å²) in [5.41, 5.74) is 1.12. The van der Waals surface area contributed by atoms with Crippen LogP contribution in [0.3, 0.4) is 0 Å². The molecule has 34 heavy (non-hydrogen) atoms. The zero-order valence-corrected chi connectivity index (χ0v) is 19.5. The number of aromatic amines is 1. The number of hydrogen-bond donors (Lipinski definition) is 2. The normalized spacial score (nSPS) is 16.1. The van der Waals surface area contributed by atoms with Gasteiger partial charge in [-0.3, -0.25) is 19.1 Å². The fraction of sp³-hybridized carbons (Fsp3) is 0.480. The molecule has 1 saturated carbocycles. The number of nitrogens with one attached hydrogen (secondary N) is 2. The Morgan fingerprint density at radius 1 is 1.18 bits per heavy atom. The Kier molecular flexibility index (Phi) is 6.17. The highest BCUT2D eigenvalue weighted by atomic mass is 16.2. The summed E-state index contributed by atoms with van der Waals surface area (Å²) in [4.78, 5) is 52.3. The van der Waals surface area contributed by atoms with Crippen LogP contribution in [0, 0.1) is 0 Å². The summed E-state index contributed by atoms with van der Waals surface area (Å²) in [6.45, 7) is 4.72. The fourth-order valence-electron chi connectivity index (χ4n) is 4.60. The number of piperidine rings is 1. The number of pyridine rings is 2. The number of amides is 1. The molecule has 5 rings (SSSR count). The van der Waals surface area contributed by atoms with Crippen LogP contribution in [0.2, 0.25) is 0 Å². The van der Waals surface area contributed by atoms with E-state index in [1.165, 1.54) is 23.8 Å². The first-order valence-electron chi connectivity index (χ1n) is 12.2. The highest BCUT2D eigenvalue weighted by Gasteiger charge is 2.28. The molecule has 2 aliphatic rings. The number of H-pyrrole nitrogens is 1. The maximum atomic E-state index is 13.2. The molecule has 1 aliphatic heterocycles. The number of carbonyl (C=O) groups is 1. The van der Waals surface area contributed by atoms with Crippen molar-refractivity contribution >= 4 is 22.8 Å². The average molecular weight is 463 g/mol. The summed E-state index contributed by atoms with van der Waals surface area (Å²) < 4.78 is 1.46. The van der Waals surface area contributed by atoms with Gasteiger partial charge in [0.05, 0.1) is 10.9 Å². The van der Waals surface area contributed by atoms with E-state index in [4.69, 9.17) is 0 Å². The molecular weight excluding hydrogens is 432 g/mol. The lowest BCUT2D eigenvalue weighted by molar-refractivity contribution is 0.0952. The fourth-order valence-corrected chi connectivity index (χ4v) is 4.60. The predicted octanol–water partition coefficient (Wildman–Crippen LogP) is 2.69. The van der Waals surface area contributed by atoms with Gasteiger partial charge < -0.3 is 10.2 Å². The second-order valence-corrected chi connectivity index (χ2v) is 9.23. The Hall–Kier alpha value is -3.49. The summed E-state index contributed by atoms with van der Waals surface area (Å²) in [6.07, 6.45) is 8.13. The van der Waals surface area contributed by atoms with Gasteiger partial charge in [0.1, 0.15) is 5.82 Å². The lowest BCUT2D eigenvalue weighted by Gasteiger charge is -2.27. The molecule has 2 N–H and O–H groups in total. The van der Waals surface area contributed by atoms with Gasteiger partial charge in [0.15, 0.2) is 5.65 Å². The topological polar surface area (TPSA) is 113 Å². The molecule has 0 radical (unpaired) electrons. The standard InChI is InChI=1S/C25H30N6O3/c1-2-10-31-22-21(24(33)29-25(31)34)18(13-19(28-22)17-7-8-17)23(32)27-15-16-6-9-20(26-14-16)30-11-4-3-5-12-30/h6,9,13-14,17H,2-5,7-8,10-12,15H2,1H3,(H,27,32)(H,29,33,34). The maximum Gasteiger partial charge on any atom is 0.329 e. The number of carbonyl (C=O) groups excluding carboxylic acids is 1. The lowest BCUT2D eigenvalue weighted by Crippen LogP contribution is -2.33. The number of rotatable bonds is 7. The van der Waals surface area contributed by atoms with Gasteiger partial charge in [-0.1, -0.05) is 13.0 Å². The number of aromatic nitrogens is 4. The highest BCUT2D eigenvalue weighted by molar-refractivity contribution is 6.05. The van der Waals surface area contributed by atoms with E-state index < -0.39 is 11.2 Å². The van der Waals surface area contributed by atoms with E-state index in [-0.39, 0.29) is 28.4 Å². The average Bonchev–Trinajstić information content (AvgIpc) is 3.71. The third-order valence-corrected chi connectivity index (χ3v) is 6.60. The summed E-state index contributed by atoms with van der Waals surface area (Å²) in [7, 11) is 0. The number of anilines is 1. The molecule has 0 unspecified atom stereocenters. The summed E-state index contributed by atoms with van der Waals surface area (Å²) in [5.74, 6) is 0.873. The second-order valence-electron chi connectivity index (χ2n) is 9.23. The van der Waals surface area contributed by atoms with Crippen molar-refractivity contribution in [2.45, 2.75) is 64.5 Å². The Bertz CT molecular complexity index is 1320. The van der Waals surface area contributed by atoms with Crippen LogP contribution in [-0.4, -0.2) is 38.5 Å². The monoisotopic (exact) mass is 462 g/mol. The van der Waals surface area contributed by atoms with E-state index in [9.17, 15) is 14.4 Å². The third-order valence-electron chi connectivity index (χ3n) is 6.60. The first-order chi connectivity index (χ1) is 16.5. The summed E-state index contributed by atoms with van der Waals surface area (Å²) in [5, 5.41) is 3.09. The molecule has 4 heterocycles. The van der Waals surface area contributed by atoms with Gasteiger partial charge >= 0.3 is 5.69 Å². The van der Waals surface area contributed by atoms with Crippen LogP contribution in [-0.2, 0) is 13.1 Å². The van der Waals surface area contributed by atoms with Crippen molar-refractivity contribution < 1.29 is 4.79 Å². The molecule has 2 fully saturated rings. The minimum Gasteiger partial charge on any atom is -0.357 e. The number of nitrogens with zero attached hydrogens (tertiary/aromatic N) is 4. The van der Waals surface area contributed by atoms with Crippen LogP contribution >= 0.6 is 0 Å². The minimum atomic E-state index is -0.583.